The minimum atomic E-state index is 0.893. The highest BCUT2D eigenvalue weighted by Crippen LogP contribution is 2.45. The zero-order chi connectivity index (χ0) is 26.3. The van der Waals surface area contributed by atoms with Crippen LogP contribution in [0.15, 0.2) is 12.2 Å². The molecular weight excluding hydrogens is 434 g/mol. The molecule has 3 atom stereocenters. The van der Waals surface area contributed by atoms with Gasteiger partial charge in [-0.15, -0.1) is 0 Å². The lowest BCUT2D eigenvalue weighted by Gasteiger charge is -2.19. The molecule has 0 spiro atoms. The van der Waals surface area contributed by atoms with Crippen molar-refractivity contribution in [2.45, 2.75) is 174 Å². The molecule has 0 aromatic heterocycles. The van der Waals surface area contributed by atoms with Crippen LogP contribution in [0.4, 0.5) is 0 Å². The largest absolute Gasteiger partial charge is 0.309 e. The van der Waals surface area contributed by atoms with Crippen LogP contribution in [-0.4, -0.2) is 25.5 Å². The SMILES string of the molecule is C=C(CCN(C)C)CC(CCCCCCCCC)CCCCCCCC1CC1CCCCCCCC. The van der Waals surface area contributed by atoms with E-state index < -0.39 is 0 Å². The van der Waals surface area contributed by atoms with Crippen LogP contribution in [-0.2, 0) is 0 Å². The summed E-state index contributed by atoms with van der Waals surface area (Å²) in [5, 5.41) is 0. The van der Waals surface area contributed by atoms with Crippen LogP contribution >= 0.6 is 0 Å². The van der Waals surface area contributed by atoms with Crippen molar-refractivity contribution in [3.63, 3.8) is 0 Å². The molecule has 0 amide bonds. The monoisotopic (exact) mass is 504 g/mol. The molecule has 36 heavy (non-hydrogen) atoms. The molecule has 0 aliphatic heterocycles. The summed E-state index contributed by atoms with van der Waals surface area (Å²) in [6.45, 7) is 10.2. The van der Waals surface area contributed by atoms with Gasteiger partial charge in [-0.2, -0.15) is 0 Å². The van der Waals surface area contributed by atoms with Crippen LogP contribution in [0, 0.1) is 17.8 Å². The van der Waals surface area contributed by atoms with Crippen molar-refractivity contribution in [1.82, 2.24) is 4.90 Å². The van der Waals surface area contributed by atoms with Gasteiger partial charge >= 0.3 is 0 Å². The molecule has 0 radical (unpaired) electrons. The Bertz CT molecular complexity index is 481. The van der Waals surface area contributed by atoms with Crippen molar-refractivity contribution in [1.29, 1.82) is 0 Å². The van der Waals surface area contributed by atoms with Crippen molar-refractivity contribution in [2.24, 2.45) is 17.8 Å². The number of nitrogens with zero attached hydrogens (tertiary/aromatic N) is 1. The molecule has 0 bridgehead atoms. The second kappa shape index (κ2) is 23.8. The van der Waals surface area contributed by atoms with Crippen LogP contribution in [0.3, 0.4) is 0 Å². The summed E-state index contributed by atoms with van der Waals surface area (Å²) in [5.41, 5.74) is 1.50. The Morgan fingerprint density at radius 3 is 1.50 bits per heavy atom. The van der Waals surface area contributed by atoms with Gasteiger partial charge < -0.3 is 4.90 Å². The second-order valence-corrected chi connectivity index (χ2v) is 12.9. The predicted molar refractivity (Wildman–Crippen MR) is 165 cm³/mol. The van der Waals surface area contributed by atoms with E-state index in [0.717, 1.165) is 24.3 Å². The van der Waals surface area contributed by atoms with Gasteiger partial charge in [0.05, 0.1) is 0 Å². The molecule has 0 heterocycles. The fourth-order valence-electron chi connectivity index (χ4n) is 6.20. The average molecular weight is 504 g/mol. The maximum atomic E-state index is 4.45. The summed E-state index contributed by atoms with van der Waals surface area (Å²) in [5.74, 6) is 3.12. The molecule has 1 aliphatic rings. The van der Waals surface area contributed by atoms with E-state index >= 15 is 0 Å². The first-order valence-corrected chi connectivity index (χ1v) is 16.9. The number of hydrogen-bond donors (Lipinski definition) is 0. The van der Waals surface area contributed by atoms with E-state index in [1.807, 2.05) is 0 Å². The van der Waals surface area contributed by atoms with Gasteiger partial charge in [0, 0.05) is 6.54 Å². The van der Waals surface area contributed by atoms with E-state index in [1.54, 1.807) is 6.42 Å². The Kier molecular flexibility index (Phi) is 22.3. The molecule has 1 heteroatoms. The maximum Gasteiger partial charge on any atom is 0.00124 e. The molecule has 1 fully saturated rings. The molecule has 214 valence electrons. The van der Waals surface area contributed by atoms with Crippen molar-refractivity contribution in [3.05, 3.63) is 12.2 Å². The van der Waals surface area contributed by atoms with E-state index in [-0.39, 0.29) is 0 Å². The molecule has 1 rings (SSSR count). The molecule has 0 N–H and O–H groups in total. The Morgan fingerprint density at radius 1 is 0.639 bits per heavy atom. The second-order valence-electron chi connectivity index (χ2n) is 12.9. The Labute approximate surface area is 229 Å². The van der Waals surface area contributed by atoms with Crippen molar-refractivity contribution in [3.8, 4) is 0 Å². The van der Waals surface area contributed by atoms with Crippen molar-refractivity contribution < 1.29 is 0 Å². The zero-order valence-corrected chi connectivity index (χ0v) is 25.8. The summed E-state index contributed by atoms with van der Waals surface area (Å²) in [7, 11) is 4.37. The quantitative estimate of drug-likeness (QED) is 0.0757. The number of unbranched alkanes of at least 4 members (excludes halogenated alkanes) is 15. The topological polar surface area (TPSA) is 3.24 Å². The third-order valence-electron chi connectivity index (χ3n) is 8.89. The van der Waals surface area contributed by atoms with Gasteiger partial charge in [-0.1, -0.05) is 167 Å². The minimum absolute atomic E-state index is 0.893. The van der Waals surface area contributed by atoms with E-state index in [1.165, 1.54) is 160 Å². The van der Waals surface area contributed by atoms with E-state index in [2.05, 4.69) is 39.4 Å². The van der Waals surface area contributed by atoms with E-state index in [4.69, 9.17) is 0 Å². The highest BCUT2D eigenvalue weighted by molar-refractivity contribution is 4.96. The van der Waals surface area contributed by atoms with Crippen LogP contribution in [0.25, 0.3) is 0 Å². The van der Waals surface area contributed by atoms with Crippen molar-refractivity contribution >= 4 is 0 Å². The van der Waals surface area contributed by atoms with Crippen molar-refractivity contribution in [2.75, 3.05) is 20.6 Å². The fourth-order valence-corrected chi connectivity index (χ4v) is 6.20. The third kappa shape index (κ3) is 20.7. The standard InChI is InChI=1S/C35H69N/c1-6-8-10-12-14-16-20-24-33(30-32(3)28-29-36(4)5)25-21-17-15-19-23-27-35-31-34(35)26-22-18-13-11-9-7-2/h33-35H,3,6-31H2,1-2,4-5H3. The van der Waals surface area contributed by atoms with Gasteiger partial charge in [-0.25, -0.2) is 0 Å². The van der Waals surface area contributed by atoms with Gasteiger partial charge in [0.15, 0.2) is 0 Å². The van der Waals surface area contributed by atoms with Gasteiger partial charge in [0.25, 0.3) is 0 Å². The van der Waals surface area contributed by atoms with Crippen LogP contribution in [0.1, 0.15) is 174 Å². The fraction of sp³-hybridized carbons (Fsp3) is 0.943. The molecule has 1 saturated carbocycles. The highest BCUT2D eigenvalue weighted by atomic mass is 15.0. The first kappa shape index (κ1) is 33.7. The van der Waals surface area contributed by atoms with Gasteiger partial charge in [0.1, 0.15) is 0 Å². The Hall–Kier alpha value is -0.300. The summed E-state index contributed by atoms with van der Waals surface area (Å²) in [6, 6.07) is 0. The smallest absolute Gasteiger partial charge is 0.00124 e. The van der Waals surface area contributed by atoms with Gasteiger partial charge in [-0.05, 0) is 51.1 Å². The zero-order valence-electron chi connectivity index (χ0n) is 25.8. The Morgan fingerprint density at radius 2 is 1.06 bits per heavy atom. The van der Waals surface area contributed by atoms with Crippen LogP contribution in [0.5, 0.6) is 0 Å². The molecule has 1 aliphatic carbocycles. The molecular formula is C35H69N. The van der Waals surface area contributed by atoms with E-state index in [9.17, 15) is 0 Å². The first-order valence-electron chi connectivity index (χ1n) is 16.9. The Balaban J connectivity index is 2.07. The normalized spacial score (nSPS) is 18.1. The minimum Gasteiger partial charge on any atom is -0.309 e. The lowest BCUT2D eigenvalue weighted by atomic mass is 9.88. The molecule has 0 saturated heterocycles. The molecule has 1 nitrogen and oxygen atoms in total. The molecule has 3 unspecified atom stereocenters. The lowest BCUT2D eigenvalue weighted by molar-refractivity contribution is 0.380. The number of hydrogen-bond acceptors (Lipinski definition) is 1. The molecule has 0 aromatic carbocycles. The van der Waals surface area contributed by atoms with Gasteiger partial charge in [-0.3, -0.25) is 0 Å². The predicted octanol–water partition coefficient (Wildman–Crippen LogP) is 11.8. The number of rotatable bonds is 28. The molecule has 0 aromatic rings. The first-order chi connectivity index (χ1) is 17.6. The summed E-state index contributed by atoms with van der Waals surface area (Å²) >= 11 is 0. The maximum absolute atomic E-state index is 4.45. The summed E-state index contributed by atoms with van der Waals surface area (Å²) < 4.78 is 0. The van der Waals surface area contributed by atoms with Crippen LogP contribution in [0.2, 0.25) is 0 Å². The third-order valence-corrected chi connectivity index (χ3v) is 8.89. The highest BCUT2D eigenvalue weighted by Gasteiger charge is 2.34. The average Bonchev–Trinajstić information content (AvgIpc) is 3.61. The summed E-state index contributed by atoms with van der Waals surface area (Å²) in [6.07, 6.45) is 36.1. The summed E-state index contributed by atoms with van der Waals surface area (Å²) in [4.78, 5) is 2.30. The lowest BCUT2D eigenvalue weighted by Crippen LogP contribution is -2.14. The van der Waals surface area contributed by atoms with E-state index in [0.29, 0.717) is 0 Å². The van der Waals surface area contributed by atoms with Gasteiger partial charge in [0.2, 0.25) is 0 Å². The van der Waals surface area contributed by atoms with Crippen LogP contribution < -0.4 is 0 Å².